The Bertz CT molecular complexity index is 555. The van der Waals surface area contributed by atoms with Crippen LogP contribution in [0.1, 0.15) is 5.56 Å². The first-order valence-electron chi connectivity index (χ1n) is 5.11. The summed E-state index contributed by atoms with van der Waals surface area (Å²) in [6, 6.07) is 7.30. The SMILES string of the molecule is Nc1cc(N)nc(SCc2ccc(Br)cc2N)n1. The molecular weight excluding hydrogens is 314 g/mol. The van der Waals surface area contributed by atoms with Gasteiger partial charge in [0.15, 0.2) is 5.16 Å². The van der Waals surface area contributed by atoms with Crippen LogP contribution >= 0.6 is 27.7 Å². The van der Waals surface area contributed by atoms with Gasteiger partial charge in [-0.2, -0.15) is 0 Å². The molecule has 0 spiro atoms. The molecule has 18 heavy (non-hydrogen) atoms. The Balaban J connectivity index is 2.11. The van der Waals surface area contributed by atoms with Crippen LogP contribution in [0.5, 0.6) is 0 Å². The van der Waals surface area contributed by atoms with Crippen LogP contribution in [-0.4, -0.2) is 9.97 Å². The largest absolute Gasteiger partial charge is 0.398 e. The normalized spacial score (nSPS) is 10.5. The summed E-state index contributed by atoms with van der Waals surface area (Å²) in [4.78, 5) is 8.19. The van der Waals surface area contributed by atoms with Crippen molar-refractivity contribution in [2.24, 2.45) is 0 Å². The Labute approximate surface area is 117 Å². The summed E-state index contributed by atoms with van der Waals surface area (Å²) in [5.74, 6) is 1.41. The second-order valence-corrected chi connectivity index (χ2v) is 5.49. The highest BCUT2D eigenvalue weighted by Gasteiger charge is 2.05. The summed E-state index contributed by atoms with van der Waals surface area (Å²) in [7, 11) is 0. The van der Waals surface area contributed by atoms with Crippen molar-refractivity contribution in [3.05, 3.63) is 34.3 Å². The topological polar surface area (TPSA) is 104 Å². The average Bonchev–Trinajstić information content (AvgIpc) is 2.26. The van der Waals surface area contributed by atoms with E-state index < -0.39 is 0 Å². The third-order valence-corrected chi connectivity index (χ3v) is 3.60. The van der Waals surface area contributed by atoms with Gasteiger partial charge in [0.1, 0.15) is 11.6 Å². The predicted molar refractivity (Wildman–Crippen MR) is 79.0 cm³/mol. The number of anilines is 3. The van der Waals surface area contributed by atoms with Crippen LogP contribution in [0.25, 0.3) is 0 Å². The third kappa shape index (κ3) is 3.27. The maximum Gasteiger partial charge on any atom is 0.191 e. The number of thioether (sulfide) groups is 1. The molecule has 2 rings (SSSR count). The highest BCUT2D eigenvalue weighted by Crippen LogP contribution is 2.26. The van der Waals surface area contributed by atoms with Crippen LogP contribution in [0.2, 0.25) is 0 Å². The number of nitrogens with zero attached hydrogens (tertiary/aromatic N) is 2. The fraction of sp³-hybridized carbons (Fsp3) is 0.0909. The van der Waals surface area contributed by atoms with E-state index in [1.165, 1.54) is 17.8 Å². The summed E-state index contributed by atoms with van der Waals surface area (Å²) >= 11 is 4.81. The van der Waals surface area contributed by atoms with Crippen LogP contribution in [0.4, 0.5) is 17.3 Å². The van der Waals surface area contributed by atoms with Gasteiger partial charge in [0.2, 0.25) is 0 Å². The number of halogens is 1. The molecule has 1 aromatic carbocycles. The number of rotatable bonds is 3. The number of nitrogen functional groups attached to an aromatic ring is 3. The van der Waals surface area contributed by atoms with Crippen LogP contribution in [0.3, 0.4) is 0 Å². The van der Waals surface area contributed by atoms with Gasteiger partial charge >= 0.3 is 0 Å². The molecule has 6 N–H and O–H groups in total. The quantitative estimate of drug-likeness (QED) is 0.454. The molecule has 0 aliphatic rings. The zero-order valence-electron chi connectivity index (χ0n) is 9.43. The van der Waals surface area contributed by atoms with E-state index in [1.807, 2.05) is 18.2 Å². The number of hydrogen-bond acceptors (Lipinski definition) is 6. The van der Waals surface area contributed by atoms with Crippen LogP contribution in [0.15, 0.2) is 33.9 Å². The van der Waals surface area contributed by atoms with E-state index in [2.05, 4.69) is 25.9 Å². The van der Waals surface area contributed by atoms with Gasteiger partial charge in [0.25, 0.3) is 0 Å². The molecule has 0 radical (unpaired) electrons. The summed E-state index contributed by atoms with van der Waals surface area (Å²) < 4.78 is 0.957. The summed E-state index contributed by atoms with van der Waals surface area (Å²) in [6.45, 7) is 0. The van der Waals surface area contributed by atoms with Gasteiger partial charge < -0.3 is 17.2 Å². The molecule has 0 amide bonds. The summed E-state index contributed by atoms with van der Waals surface area (Å²) in [5, 5.41) is 0.551. The van der Waals surface area contributed by atoms with Gasteiger partial charge in [0.05, 0.1) is 0 Å². The van der Waals surface area contributed by atoms with Crippen LogP contribution < -0.4 is 17.2 Å². The molecule has 5 nitrogen and oxygen atoms in total. The molecule has 0 atom stereocenters. The van der Waals surface area contributed by atoms with E-state index >= 15 is 0 Å². The van der Waals surface area contributed by atoms with E-state index in [1.54, 1.807) is 0 Å². The molecule has 0 bridgehead atoms. The lowest BCUT2D eigenvalue weighted by Crippen LogP contribution is -1.99. The summed E-state index contributed by atoms with van der Waals surface area (Å²) in [5.41, 5.74) is 18.9. The summed E-state index contributed by atoms with van der Waals surface area (Å²) in [6.07, 6.45) is 0. The van der Waals surface area contributed by atoms with Crippen molar-refractivity contribution in [3.63, 3.8) is 0 Å². The second-order valence-electron chi connectivity index (χ2n) is 3.63. The monoisotopic (exact) mass is 325 g/mol. The molecule has 0 saturated heterocycles. The number of nitrogens with two attached hydrogens (primary N) is 3. The van der Waals surface area contributed by atoms with E-state index in [0.29, 0.717) is 22.5 Å². The molecule has 0 fully saturated rings. The smallest absolute Gasteiger partial charge is 0.191 e. The maximum absolute atomic E-state index is 5.91. The maximum atomic E-state index is 5.91. The fourth-order valence-electron chi connectivity index (χ4n) is 1.37. The van der Waals surface area contributed by atoms with E-state index in [0.717, 1.165) is 15.7 Å². The van der Waals surface area contributed by atoms with Crippen LogP contribution in [-0.2, 0) is 5.75 Å². The molecule has 2 aromatic rings. The molecular formula is C11H12BrN5S. The van der Waals surface area contributed by atoms with Crippen molar-refractivity contribution in [1.29, 1.82) is 0 Å². The average molecular weight is 326 g/mol. The predicted octanol–water partition coefficient (Wildman–Crippen LogP) is 2.28. The van der Waals surface area contributed by atoms with Gasteiger partial charge in [-0.1, -0.05) is 33.8 Å². The Kier molecular flexibility index (Phi) is 3.93. The van der Waals surface area contributed by atoms with Crippen molar-refractivity contribution in [2.75, 3.05) is 17.2 Å². The first-order chi connectivity index (χ1) is 8.54. The zero-order chi connectivity index (χ0) is 13.1. The second kappa shape index (κ2) is 5.45. The van der Waals surface area contributed by atoms with Gasteiger partial charge in [-0.15, -0.1) is 0 Å². The van der Waals surface area contributed by atoms with Gasteiger partial charge in [-0.05, 0) is 17.7 Å². The lowest BCUT2D eigenvalue weighted by atomic mass is 10.2. The third-order valence-electron chi connectivity index (χ3n) is 2.21. The lowest BCUT2D eigenvalue weighted by molar-refractivity contribution is 0.984. The highest BCUT2D eigenvalue weighted by atomic mass is 79.9. The minimum atomic E-state index is 0.369. The molecule has 0 aliphatic carbocycles. The van der Waals surface area contributed by atoms with Crippen molar-refractivity contribution in [2.45, 2.75) is 10.9 Å². The Hall–Kier alpha value is -1.47. The lowest BCUT2D eigenvalue weighted by Gasteiger charge is -2.06. The van der Waals surface area contributed by atoms with Gasteiger partial charge in [-0.25, -0.2) is 9.97 Å². The van der Waals surface area contributed by atoms with Crippen molar-refractivity contribution < 1.29 is 0 Å². The molecule has 0 aliphatic heterocycles. The first kappa shape index (κ1) is 13.0. The molecule has 94 valence electrons. The van der Waals surface area contributed by atoms with E-state index in [4.69, 9.17) is 17.2 Å². The number of aromatic nitrogens is 2. The minimum absolute atomic E-state index is 0.369. The van der Waals surface area contributed by atoms with Gasteiger partial charge in [0, 0.05) is 22.0 Å². The standard InChI is InChI=1S/C11H12BrN5S/c12-7-2-1-6(8(13)3-7)5-18-11-16-9(14)4-10(15)17-11/h1-4H,5,13H2,(H4,14,15,16,17). The first-order valence-corrected chi connectivity index (χ1v) is 6.89. The Morgan fingerprint density at radius 2 is 1.72 bits per heavy atom. The molecule has 0 saturated carbocycles. The molecule has 7 heteroatoms. The van der Waals surface area contributed by atoms with Crippen molar-refractivity contribution in [3.8, 4) is 0 Å². The molecule has 1 heterocycles. The zero-order valence-corrected chi connectivity index (χ0v) is 11.8. The van der Waals surface area contributed by atoms with E-state index in [-0.39, 0.29) is 0 Å². The molecule has 1 aromatic heterocycles. The van der Waals surface area contributed by atoms with Crippen LogP contribution in [0, 0.1) is 0 Å². The van der Waals surface area contributed by atoms with Crippen molar-refractivity contribution in [1.82, 2.24) is 9.97 Å². The minimum Gasteiger partial charge on any atom is -0.398 e. The number of benzene rings is 1. The van der Waals surface area contributed by atoms with E-state index in [9.17, 15) is 0 Å². The Morgan fingerprint density at radius 3 is 2.33 bits per heavy atom. The number of hydrogen-bond donors (Lipinski definition) is 3. The van der Waals surface area contributed by atoms with Crippen molar-refractivity contribution >= 4 is 45.0 Å². The molecule has 0 unspecified atom stereocenters. The van der Waals surface area contributed by atoms with Gasteiger partial charge in [-0.3, -0.25) is 0 Å². The highest BCUT2D eigenvalue weighted by molar-refractivity contribution is 9.10. The fourth-order valence-corrected chi connectivity index (χ4v) is 2.63. The Morgan fingerprint density at radius 1 is 1.06 bits per heavy atom.